The van der Waals surface area contributed by atoms with Crippen LogP contribution >= 0.6 is 11.3 Å². The third-order valence-electron chi connectivity index (χ3n) is 4.47. The zero-order chi connectivity index (χ0) is 17.2. The molecular weight excluding hydrogens is 335 g/mol. The number of ether oxygens (including phenoxy) is 1. The summed E-state index contributed by atoms with van der Waals surface area (Å²) in [6.45, 7) is 2.35. The first-order valence-corrected chi connectivity index (χ1v) is 8.83. The van der Waals surface area contributed by atoms with Crippen LogP contribution in [0.5, 0.6) is 5.75 Å². The molecule has 130 valence electrons. The van der Waals surface area contributed by atoms with E-state index in [1.54, 1.807) is 17.4 Å². The van der Waals surface area contributed by atoms with Crippen LogP contribution in [0.2, 0.25) is 0 Å². The van der Waals surface area contributed by atoms with Crippen molar-refractivity contribution in [1.82, 2.24) is 4.90 Å². The van der Waals surface area contributed by atoms with Crippen molar-refractivity contribution in [3.05, 3.63) is 52.2 Å². The molecule has 3 rings (SSSR count). The Hall–Kier alpha value is -1.53. The minimum Gasteiger partial charge on any atom is -0.493 e. The number of likely N-dealkylation sites (tertiary alicyclic amines) is 1. The lowest BCUT2D eigenvalue weighted by Gasteiger charge is -2.36. The predicted octanol–water partition coefficient (Wildman–Crippen LogP) is 4.88. The van der Waals surface area contributed by atoms with Gasteiger partial charge in [0.05, 0.1) is 12.2 Å². The van der Waals surface area contributed by atoms with Gasteiger partial charge in [-0.05, 0) is 49.7 Å². The number of nitrogens with zero attached hydrogens (tertiary/aromatic N) is 1. The van der Waals surface area contributed by atoms with Crippen molar-refractivity contribution >= 4 is 11.3 Å². The van der Waals surface area contributed by atoms with E-state index in [1.807, 2.05) is 6.07 Å². The van der Waals surface area contributed by atoms with Crippen molar-refractivity contribution in [2.45, 2.75) is 18.5 Å². The van der Waals surface area contributed by atoms with Crippen LogP contribution in [0.4, 0.5) is 13.2 Å². The number of alkyl halides is 3. The molecule has 0 amide bonds. The Bertz CT molecular complexity index is 657. The number of hydrogen-bond donors (Lipinski definition) is 0. The van der Waals surface area contributed by atoms with E-state index in [4.69, 9.17) is 4.74 Å². The van der Waals surface area contributed by atoms with Crippen LogP contribution in [-0.4, -0.2) is 31.6 Å². The third-order valence-corrected chi connectivity index (χ3v) is 5.48. The zero-order valence-corrected chi connectivity index (χ0v) is 14.2. The van der Waals surface area contributed by atoms with Crippen LogP contribution in [0.1, 0.15) is 22.8 Å². The topological polar surface area (TPSA) is 12.5 Å². The first-order valence-electron chi connectivity index (χ1n) is 7.95. The molecule has 1 aliphatic rings. The van der Waals surface area contributed by atoms with Crippen LogP contribution < -0.4 is 4.74 Å². The fourth-order valence-electron chi connectivity index (χ4n) is 3.23. The van der Waals surface area contributed by atoms with Crippen molar-refractivity contribution in [2.75, 3.05) is 26.7 Å². The first-order chi connectivity index (χ1) is 11.4. The molecule has 6 heteroatoms. The number of piperidine rings is 1. The molecule has 0 saturated carbocycles. The lowest BCUT2D eigenvalue weighted by molar-refractivity contribution is -0.137. The Kier molecular flexibility index (Phi) is 5.15. The second-order valence-electron chi connectivity index (χ2n) is 6.27. The Morgan fingerprint density at radius 1 is 1.25 bits per heavy atom. The molecule has 0 N–H and O–H groups in total. The monoisotopic (exact) mass is 355 g/mol. The molecule has 0 unspecified atom stereocenters. The van der Waals surface area contributed by atoms with Gasteiger partial charge >= 0.3 is 6.18 Å². The Morgan fingerprint density at radius 3 is 2.79 bits per heavy atom. The van der Waals surface area contributed by atoms with Crippen molar-refractivity contribution < 1.29 is 17.9 Å². The number of halogens is 3. The van der Waals surface area contributed by atoms with Gasteiger partial charge < -0.3 is 9.64 Å². The van der Waals surface area contributed by atoms with E-state index in [0.717, 1.165) is 31.6 Å². The molecule has 0 bridgehead atoms. The number of rotatable bonds is 4. The van der Waals surface area contributed by atoms with Crippen LogP contribution in [-0.2, 0) is 6.18 Å². The smallest absolute Gasteiger partial charge is 0.416 e. The van der Waals surface area contributed by atoms with Crippen LogP contribution in [0.15, 0.2) is 41.8 Å². The molecule has 2 atom stereocenters. The van der Waals surface area contributed by atoms with E-state index in [9.17, 15) is 13.2 Å². The van der Waals surface area contributed by atoms with E-state index in [0.29, 0.717) is 12.5 Å². The number of benzene rings is 1. The number of thiophene rings is 1. The summed E-state index contributed by atoms with van der Waals surface area (Å²) in [6, 6.07) is 9.30. The van der Waals surface area contributed by atoms with Crippen molar-refractivity contribution in [3.8, 4) is 5.75 Å². The highest BCUT2D eigenvalue weighted by atomic mass is 32.1. The fraction of sp³-hybridized carbons (Fsp3) is 0.444. The van der Waals surface area contributed by atoms with Gasteiger partial charge in [0, 0.05) is 23.3 Å². The summed E-state index contributed by atoms with van der Waals surface area (Å²) >= 11 is 1.74. The average molecular weight is 355 g/mol. The summed E-state index contributed by atoms with van der Waals surface area (Å²) in [6.07, 6.45) is -3.29. The molecule has 1 aromatic heterocycles. The molecule has 1 saturated heterocycles. The van der Waals surface area contributed by atoms with Gasteiger partial charge in [-0.25, -0.2) is 0 Å². The van der Waals surface area contributed by atoms with Gasteiger partial charge in [-0.2, -0.15) is 13.2 Å². The van der Waals surface area contributed by atoms with Gasteiger partial charge in [-0.1, -0.05) is 12.1 Å². The molecule has 1 aromatic carbocycles. The predicted molar refractivity (Wildman–Crippen MR) is 89.6 cm³/mol. The summed E-state index contributed by atoms with van der Waals surface area (Å²) in [5.41, 5.74) is -0.671. The molecule has 2 aromatic rings. The largest absolute Gasteiger partial charge is 0.493 e. The molecule has 2 nitrogen and oxygen atoms in total. The number of hydrogen-bond acceptors (Lipinski definition) is 3. The van der Waals surface area contributed by atoms with E-state index in [1.165, 1.54) is 10.9 Å². The SMILES string of the molecule is CN1CC[C@H](c2cccs2)[C@@H](COc2cccc(C(F)(F)F)c2)C1. The minimum atomic E-state index is -4.34. The first kappa shape index (κ1) is 17.3. The Balaban J connectivity index is 1.69. The highest BCUT2D eigenvalue weighted by Crippen LogP contribution is 2.36. The Morgan fingerprint density at radius 2 is 2.08 bits per heavy atom. The maximum atomic E-state index is 12.8. The van der Waals surface area contributed by atoms with Gasteiger partial charge in [-0.15, -0.1) is 11.3 Å². The van der Waals surface area contributed by atoms with Crippen LogP contribution in [0.3, 0.4) is 0 Å². The van der Waals surface area contributed by atoms with Crippen molar-refractivity contribution in [2.24, 2.45) is 5.92 Å². The van der Waals surface area contributed by atoms with Gasteiger partial charge in [0.25, 0.3) is 0 Å². The zero-order valence-electron chi connectivity index (χ0n) is 13.4. The van der Waals surface area contributed by atoms with E-state index in [2.05, 4.69) is 23.4 Å². The lowest BCUT2D eigenvalue weighted by Crippen LogP contribution is -2.39. The van der Waals surface area contributed by atoms with Crippen LogP contribution in [0.25, 0.3) is 0 Å². The third kappa shape index (κ3) is 4.11. The molecule has 1 fully saturated rings. The molecule has 0 spiro atoms. The summed E-state index contributed by atoms with van der Waals surface area (Å²) in [4.78, 5) is 3.59. The van der Waals surface area contributed by atoms with Gasteiger partial charge in [0.15, 0.2) is 0 Å². The molecular formula is C18H20F3NOS. The van der Waals surface area contributed by atoms with Crippen molar-refractivity contribution in [3.63, 3.8) is 0 Å². The summed E-state index contributed by atoms with van der Waals surface area (Å²) < 4.78 is 44.1. The molecule has 2 heterocycles. The highest BCUT2D eigenvalue weighted by Gasteiger charge is 2.32. The van der Waals surface area contributed by atoms with Gasteiger partial charge in [0.2, 0.25) is 0 Å². The summed E-state index contributed by atoms with van der Waals surface area (Å²) in [7, 11) is 2.07. The normalized spacial score (nSPS) is 22.5. The van der Waals surface area contributed by atoms with E-state index < -0.39 is 11.7 Å². The minimum absolute atomic E-state index is 0.275. The second kappa shape index (κ2) is 7.15. The Labute approximate surface area is 143 Å². The highest BCUT2D eigenvalue weighted by molar-refractivity contribution is 7.10. The molecule has 1 aliphatic heterocycles. The maximum Gasteiger partial charge on any atom is 0.416 e. The molecule has 24 heavy (non-hydrogen) atoms. The summed E-state index contributed by atoms with van der Waals surface area (Å²) in [5.74, 6) is 0.965. The fourth-order valence-corrected chi connectivity index (χ4v) is 4.18. The quantitative estimate of drug-likeness (QED) is 0.775. The van der Waals surface area contributed by atoms with E-state index >= 15 is 0 Å². The van der Waals surface area contributed by atoms with Crippen molar-refractivity contribution in [1.29, 1.82) is 0 Å². The molecule has 0 radical (unpaired) electrons. The van der Waals surface area contributed by atoms with Gasteiger partial charge in [0.1, 0.15) is 5.75 Å². The van der Waals surface area contributed by atoms with Crippen LogP contribution in [0, 0.1) is 5.92 Å². The average Bonchev–Trinajstić information content (AvgIpc) is 3.07. The second-order valence-corrected chi connectivity index (χ2v) is 7.25. The van der Waals surface area contributed by atoms with Gasteiger partial charge in [-0.3, -0.25) is 0 Å². The van der Waals surface area contributed by atoms with E-state index in [-0.39, 0.29) is 11.7 Å². The lowest BCUT2D eigenvalue weighted by atomic mass is 9.85. The maximum absolute atomic E-state index is 12.8. The standard InChI is InChI=1S/C18H20F3NOS/c1-22-8-7-16(17-6-3-9-24-17)13(11-22)12-23-15-5-2-4-14(10-15)18(19,20)21/h2-6,9-10,13,16H,7-8,11-12H2,1H3/t13-,16+/m1/s1. The summed E-state index contributed by atoms with van der Waals surface area (Å²) in [5, 5.41) is 2.07. The molecule has 0 aliphatic carbocycles.